The average Bonchev–Trinajstić information content (AvgIpc) is 3.37. The molecule has 1 fully saturated rings. The van der Waals surface area contributed by atoms with E-state index in [9.17, 15) is 13.6 Å². The summed E-state index contributed by atoms with van der Waals surface area (Å²) in [6.07, 6.45) is -0.895. The van der Waals surface area contributed by atoms with Crippen molar-refractivity contribution in [1.29, 1.82) is 0 Å². The minimum Gasteiger partial charge on any atom is -0.451 e. The Morgan fingerprint density at radius 1 is 1.26 bits per heavy atom. The van der Waals surface area contributed by atoms with Gasteiger partial charge in [0.15, 0.2) is 5.76 Å². The quantitative estimate of drug-likeness (QED) is 0.396. The number of halogens is 2. The molecular weight excluding hydrogens is 440 g/mol. The van der Waals surface area contributed by atoms with E-state index in [4.69, 9.17) is 4.42 Å². The molecule has 0 unspecified atom stereocenters. The second kappa shape index (κ2) is 7.97. The van der Waals surface area contributed by atoms with Gasteiger partial charge in [0.05, 0.1) is 29.2 Å². The first-order valence-electron chi connectivity index (χ1n) is 9.58. The maximum atomic E-state index is 14.4. The van der Waals surface area contributed by atoms with Crippen molar-refractivity contribution >= 4 is 45.8 Å². The third-order valence-corrected chi connectivity index (χ3v) is 6.60. The maximum absolute atomic E-state index is 14.4. The molecule has 1 N–H and O–H groups in total. The monoisotopic (exact) mass is 457 g/mol. The van der Waals surface area contributed by atoms with Crippen LogP contribution >= 0.6 is 23.3 Å². The van der Waals surface area contributed by atoms with Crippen LogP contribution in [0.2, 0.25) is 0 Å². The van der Waals surface area contributed by atoms with E-state index in [-0.39, 0.29) is 29.8 Å². The number of furan rings is 1. The molecule has 1 saturated heterocycles. The summed E-state index contributed by atoms with van der Waals surface area (Å²) in [6, 6.07) is 12.0. The van der Waals surface area contributed by atoms with Gasteiger partial charge in [0.25, 0.3) is 5.91 Å². The lowest BCUT2D eigenvalue weighted by atomic mass is 10.1. The number of nitrogens with zero attached hydrogens (tertiary/aromatic N) is 2. The fraction of sp³-hybridized carbons (Fsp3) is 0.182. The number of carbonyl (C=O) groups is 1. The Bertz CT molecular complexity index is 1260. The largest absolute Gasteiger partial charge is 0.451 e. The molecule has 1 aliphatic heterocycles. The van der Waals surface area contributed by atoms with Gasteiger partial charge in [-0.25, -0.2) is 13.8 Å². The lowest BCUT2D eigenvalue weighted by molar-refractivity contribution is 0.0959. The Balaban J connectivity index is 1.27. The van der Waals surface area contributed by atoms with Crippen molar-refractivity contribution in [3.8, 4) is 11.3 Å². The number of amides is 1. The molecule has 3 heterocycles. The first-order valence-corrected chi connectivity index (χ1v) is 11.3. The Morgan fingerprint density at radius 2 is 2.03 bits per heavy atom. The highest BCUT2D eigenvalue weighted by Gasteiger charge is 2.27. The van der Waals surface area contributed by atoms with Crippen molar-refractivity contribution in [1.82, 2.24) is 9.71 Å². The van der Waals surface area contributed by atoms with Crippen LogP contribution in [0.3, 0.4) is 0 Å². The molecule has 0 saturated carbocycles. The van der Waals surface area contributed by atoms with Gasteiger partial charge >= 0.3 is 0 Å². The van der Waals surface area contributed by atoms with Crippen molar-refractivity contribution in [3.63, 3.8) is 0 Å². The molecule has 0 radical (unpaired) electrons. The number of carbonyl (C=O) groups excluding carboxylic acids is 1. The van der Waals surface area contributed by atoms with Gasteiger partial charge < -0.3 is 9.32 Å². The fourth-order valence-electron chi connectivity index (χ4n) is 3.36. The molecule has 1 amide bonds. The Morgan fingerprint density at radius 3 is 2.71 bits per heavy atom. The minimum atomic E-state index is -0.895. The van der Waals surface area contributed by atoms with E-state index >= 15 is 0 Å². The van der Waals surface area contributed by atoms with E-state index in [1.165, 1.54) is 12.1 Å². The highest BCUT2D eigenvalue weighted by molar-refractivity contribution is 7.98. The third-order valence-electron chi connectivity index (χ3n) is 5.03. The molecule has 5 rings (SSSR count). The highest BCUT2D eigenvalue weighted by Crippen LogP contribution is 2.31. The van der Waals surface area contributed by atoms with Crippen LogP contribution in [0.15, 0.2) is 57.2 Å². The van der Waals surface area contributed by atoms with E-state index in [0.29, 0.717) is 5.69 Å². The van der Waals surface area contributed by atoms with E-state index in [0.717, 1.165) is 33.1 Å². The van der Waals surface area contributed by atoms with Crippen LogP contribution in [0.1, 0.15) is 15.6 Å². The van der Waals surface area contributed by atoms with Gasteiger partial charge in [0.2, 0.25) is 0 Å². The zero-order chi connectivity index (χ0) is 21.5. The number of aromatic nitrogens is 1. The summed E-state index contributed by atoms with van der Waals surface area (Å²) in [6.45, 7) is 2.43. The first-order chi connectivity index (χ1) is 15.0. The SMILES string of the molecule is Cc1nc(-c2ccc(SNC(=O)c3cc4c(F)cc(N5CC(F)C5)cc4o3)cc2)cs1. The van der Waals surface area contributed by atoms with E-state index in [1.807, 2.05) is 36.6 Å². The molecule has 2 aromatic carbocycles. The van der Waals surface area contributed by atoms with Crippen LogP contribution in [0.4, 0.5) is 14.5 Å². The van der Waals surface area contributed by atoms with Crippen molar-refractivity contribution in [2.75, 3.05) is 18.0 Å². The lowest BCUT2D eigenvalue weighted by Gasteiger charge is -2.36. The van der Waals surface area contributed by atoms with E-state index in [2.05, 4.69) is 9.71 Å². The standard InChI is InChI=1S/C22H17F2N3O2S2/c1-12-25-19(11-30-12)13-2-4-16(5-3-13)31-26-22(28)21-8-17-18(24)6-15(7-20(17)29-21)27-9-14(23)10-27/h2-8,11,14H,9-10H2,1H3,(H,26,28). The molecule has 5 nitrogen and oxygen atoms in total. The van der Waals surface area contributed by atoms with Crippen molar-refractivity contribution in [3.05, 3.63) is 64.4 Å². The summed E-state index contributed by atoms with van der Waals surface area (Å²) in [5, 5.41) is 3.23. The summed E-state index contributed by atoms with van der Waals surface area (Å²) in [7, 11) is 0. The number of rotatable bonds is 5. The normalized spacial score (nSPS) is 14.1. The molecule has 0 aliphatic carbocycles. The number of benzene rings is 2. The predicted molar refractivity (Wildman–Crippen MR) is 119 cm³/mol. The zero-order valence-corrected chi connectivity index (χ0v) is 18.0. The van der Waals surface area contributed by atoms with Crippen LogP contribution in [-0.4, -0.2) is 30.2 Å². The van der Waals surface area contributed by atoms with Gasteiger partial charge in [0.1, 0.15) is 17.6 Å². The van der Waals surface area contributed by atoms with Crippen LogP contribution in [0.5, 0.6) is 0 Å². The topological polar surface area (TPSA) is 58.4 Å². The number of fused-ring (bicyclic) bond motifs is 1. The minimum absolute atomic E-state index is 0.0140. The van der Waals surface area contributed by atoms with Crippen LogP contribution in [0, 0.1) is 12.7 Å². The maximum Gasteiger partial charge on any atom is 0.297 e. The second-order valence-corrected chi connectivity index (χ2v) is 9.20. The Kier molecular flexibility index (Phi) is 5.15. The van der Waals surface area contributed by atoms with Gasteiger partial charge in [-0.3, -0.25) is 9.52 Å². The van der Waals surface area contributed by atoms with E-state index in [1.54, 1.807) is 22.3 Å². The van der Waals surface area contributed by atoms with Gasteiger partial charge in [-0.05, 0) is 37.1 Å². The van der Waals surface area contributed by atoms with E-state index < -0.39 is 17.9 Å². The highest BCUT2D eigenvalue weighted by atomic mass is 32.2. The van der Waals surface area contributed by atoms with Crippen molar-refractivity contribution in [2.45, 2.75) is 18.0 Å². The molecule has 4 aromatic rings. The number of thiazole rings is 1. The van der Waals surface area contributed by atoms with Gasteiger partial charge in [-0.15, -0.1) is 11.3 Å². The summed E-state index contributed by atoms with van der Waals surface area (Å²) in [4.78, 5) is 19.5. The van der Waals surface area contributed by atoms with Gasteiger partial charge in [0, 0.05) is 33.7 Å². The fourth-order valence-corrected chi connectivity index (χ4v) is 4.56. The molecule has 1 aliphatic rings. The Labute approximate surface area is 185 Å². The van der Waals surface area contributed by atoms with Crippen LogP contribution in [-0.2, 0) is 0 Å². The molecule has 31 heavy (non-hydrogen) atoms. The average molecular weight is 458 g/mol. The number of aryl methyl sites for hydroxylation is 1. The number of nitrogens with one attached hydrogen (secondary N) is 1. The number of anilines is 1. The molecule has 158 valence electrons. The first kappa shape index (κ1) is 20.0. The molecule has 0 atom stereocenters. The number of hydrogen-bond donors (Lipinski definition) is 1. The van der Waals surface area contributed by atoms with Gasteiger partial charge in [-0.2, -0.15) is 0 Å². The number of alkyl halides is 1. The van der Waals surface area contributed by atoms with Crippen LogP contribution < -0.4 is 9.62 Å². The summed E-state index contributed by atoms with van der Waals surface area (Å²) >= 11 is 2.74. The van der Waals surface area contributed by atoms with Crippen LogP contribution in [0.25, 0.3) is 22.2 Å². The summed E-state index contributed by atoms with van der Waals surface area (Å²) in [5.74, 6) is -0.952. The molecule has 2 aromatic heterocycles. The number of hydrogen-bond acceptors (Lipinski definition) is 6. The third kappa shape index (κ3) is 4.03. The van der Waals surface area contributed by atoms with Crippen molar-refractivity contribution < 1.29 is 18.0 Å². The molecule has 0 spiro atoms. The predicted octanol–water partition coefficient (Wildman–Crippen LogP) is 5.60. The molecule has 9 heteroatoms. The molecule has 0 bridgehead atoms. The van der Waals surface area contributed by atoms with Gasteiger partial charge in [-0.1, -0.05) is 12.1 Å². The lowest BCUT2D eigenvalue weighted by Crippen LogP contribution is -2.48. The summed E-state index contributed by atoms with van der Waals surface area (Å²) in [5.41, 5.74) is 2.73. The zero-order valence-electron chi connectivity index (χ0n) is 16.4. The summed E-state index contributed by atoms with van der Waals surface area (Å²) < 4.78 is 35.8. The second-order valence-electron chi connectivity index (χ2n) is 7.26. The van der Waals surface area contributed by atoms with Crippen molar-refractivity contribution in [2.24, 2.45) is 0 Å². The smallest absolute Gasteiger partial charge is 0.297 e. The molecular formula is C22H17F2N3O2S2. The Hall–Kier alpha value is -2.91.